The minimum atomic E-state index is -0.656. The quantitative estimate of drug-likeness (QED) is 0.661. The van der Waals surface area contributed by atoms with Crippen LogP contribution < -0.4 is 5.73 Å². The van der Waals surface area contributed by atoms with E-state index in [1.54, 1.807) is 6.92 Å². The second kappa shape index (κ2) is 3.15. The molecule has 1 atom stereocenters. The highest BCUT2D eigenvalue weighted by molar-refractivity contribution is 6.30. The van der Waals surface area contributed by atoms with E-state index in [0.29, 0.717) is 0 Å². The lowest BCUT2D eigenvalue weighted by molar-refractivity contribution is 0.581. The molecule has 4 heteroatoms. The van der Waals surface area contributed by atoms with Gasteiger partial charge < -0.3 is 5.73 Å². The van der Waals surface area contributed by atoms with Crippen molar-refractivity contribution in [2.45, 2.75) is 13.0 Å². The zero-order chi connectivity index (χ0) is 8.43. The van der Waals surface area contributed by atoms with Crippen LogP contribution in [0.25, 0.3) is 0 Å². The number of halogens is 2. The molecule has 60 valence electrons. The Balaban J connectivity index is 3.05. The summed E-state index contributed by atoms with van der Waals surface area (Å²) in [7, 11) is 0. The SMILES string of the molecule is C[C@@H](N)c1cnc(F)c(Cl)c1. The zero-order valence-corrected chi connectivity index (χ0v) is 6.77. The van der Waals surface area contributed by atoms with Gasteiger partial charge in [0.2, 0.25) is 5.95 Å². The van der Waals surface area contributed by atoms with Gasteiger partial charge in [-0.25, -0.2) is 4.98 Å². The molecule has 0 aliphatic heterocycles. The maximum absolute atomic E-state index is 12.5. The van der Waals surface area contributed by atoms with Crippen LogP contribution in [0.15, 0.2) is 12.3 Å². The van der Waals surface area contributed by atoms with Gasteiger partial charge in [-0.15, -0.1) is 0 Å². The van der Waals surface area contributed by atoms with E-state index in [4.69, 9.17) is 17.3 Å². The molecule has 0 saturated heterocycles. The summed E-state index contributed by atoms with van der Waals surface area (Å²) < 4.78 is 12.5. The van der Waals surface area contributed by atoms with Crippen molar-refractivity contribution in [1.82, 2.24) is 4.98 Å². The average molecular weight is 175 g/mol. The zero-order valence-electron chi connectivity index (χ0n) is 6.01. The van der Waals surface area contributed by atoms with Crippen molar-refractivity contribution < 1.29 is 4.39 Å². The van der Waals surface area contributed by atoms with Crippen molar-refractivity contribution in [1.29, 1.82) is 0 Å². The van der Waals surface area contributed by atoms with Gasteiger partial charge in [-0.05, 0) is 18.6 Å². The van der Waals surface area contributed by atoms with Gasteiger partial charge in [-0.1, -0.05) is 11.6 Å². The number of rotatable bonds is 1. The number of pyridine rings is 1. The predicted molar refractivity (Wildman–Crippen MR) is 41.8 cm³/mol. The molecule has 1 heterocycles. The summed E-state index contributed by atoms with van der Waals surface area (Å²) in [4.78, 5) is 3.42. The molecule has 0 aromatic carbocycles. The summed E-state index contributed by atoms with van der Waals surface area (Å²) in [6.45, 7) is 1.78. The number of nitrogens with zero attached hydrogens (tertiary/aromatic N) is 1. The molecule has 0 aliphatic carbocycles. The molecule has 0 spiro atoms. The van der Waals surface area contributed by atoms with Gasteiger partial charge >= 0.3 is 0 Å². The van der Waals surface area contributed by atoms with Crippen molar-refractivity contribution in [2.24, 2.45) is 5.73 Å². The molecule has 2 nitrogen and oxygen atoms in total. The summed E-state index contributed by atoms with van der Waals surface area (Å²) in [6, 6.07) is 1.31. The highest BCUT2D eigenvalue weighted by Crippen LogP contribution is 2.16. The third kappa shape index (κ3) is 1.88. The van der Waals surface area contributed by atoms with Gasteiger partial charge in [-0.3, -0.25) is 0 Å². The lowest BCUT2D eigenvalue weighted by Crippen LogP contribution is -2.05. The van der Waals surface area contributed by atoms with Gasteiger partial charge in [0, 0.05) is 12.2 Å². The van der Waals surface area contributed by atoms with E-state index >= 15 is 0 Å². The molecule has 0 unspecified atom stereocenters. The lowest BCUT2D eigenvalue weighted by Gasteiger charge is -2.04. The molecule has 0 radical (unpaired) electrons. The van der Waals surface area contributed by atoms with Crippen LogP contribution in [0, 0.1) is 5.95 Å². The van der Waals surface area contributed by atoms with E-state index in [2.05, 4.69) is 4.98 Å². The molecule has 11 heavy (non-hydrogen) atoms. The van der Waals surface area contributed by atoms with Crippen LogP contribution in [0.3, 0.4) is 0 Å². The van der Waals surface area contributed by atoms with Gasteiger partial charge in [0.25, 0.3) is 0 Å². The minimum absolute atomic E-state index is 0.0137. The highest BCUT2D eigenvalue weighted by Gasteiger charge is 2.04. The van der Waals surface area contributed by atoms with Gasteiger partial charge in [0.05, 0.1) is 5.02 Å². The fraction of sp³-hybridized carbons (Fsp3) is 0.286. The summed E-state index contributed by atoms with van der Waals surface area (Å²) in [5, 5.41) is 0.0137. The molecule has 1 aromatic rings. The molecule has 0 saturated carbocycles. The fourth-order valence-corrected chi connectivity index (χ4v) is 0.860. The molecule has 0 bridgehead atoms. The maximum atomic E-state index is 12.5. The first kappa shape index (κ1) is 8.43. The van der Waals surface area contributed by atoms with Crippen molar-refractivity contribution in [3.63, 3.8) is 0 Å². The Labute approximate surface area is 69.2 Å². The Hall–Kier alpha value is -0.670. The monoisotopic (exact) mass is 174 g/mol. The average Bonchev–Trinajstić information content (AvgIpc) is 1.94. The summed E-state index contributed by atoms with van der Waals surface area (Å²) in [5.74, 6) is -0.656. The number of aromatic nitrogens is 1. The van der Waals surface area contributed by atoms with E-state index in [9.17, 15) is 4.39 Å². The Morgan fingerprint density at radius 3 is 2.82 bits per heavy atom. The second-order valence-corrected chi connectivity index (χ2v) is 2.74. The normalized spacial score (nSPS) is 13.1. The Bertz CT molecular complexity index is 263. The number of nitrogens with two attached hydrogens (primary N) is 1. The van der Waals surface area contributed by atoms with Gasteiger partial charge in [0.15, 0.2) is 0 Å². The van der Waals surface area contributed by atoms with Gasteiger partial charge in [0.1, 0.15) is 0 Å². The standard InChI is InChI=1S/C7H8ClFN2/c1-4(10)5-2-6(8)7(9)11-3-5/h2-4H,10H2,1H3/t4-/m1/s1. The van der Waals surface area contributed by atoms with Crippen molar-refractivity contribution in [3.8, 4) is 0 Å². The van der Waals surface area contributed by atoms with Gasteiger partial charge in [-0.2, -0.15) is 4.39 Å². The van der Waals surface area contributed by atoms with Crippen LogP contribution in [-0.2, 0) is 0 Å². The van der Waals surface area contributed by atoms with E-state index in [-0.39, 0.29) is 11.1 Å². The Morgan fingerprint density at radius 2 is 2.36 bits per heavy atom. The third-order valence-corrected chi connectivity index (χ3v) is 1.61. The molecule has 0 aliphatic rings. The van der Waals surface area contributed by atoms with E-state index in [0.717, 1.165) is 5.56 Å². The lowest BCUT2D eigenvalue weighted by atomic mass is 10.2. The maximum Gasteiger partial charge on any atom is 0.231 e. The molecular weight excluding hydrogens is 167 g/mol. The van der Waals surface area contributed by atoms with E-state index in [1.165, 1.54) is 12.3 Å². The smallest absolute Gasteiger partial charge is 0.231 e. The minimum Gasteiger partial charge on any atom is -0.324 e. The fourth-order valence-electron chi connectivity index (χ4n) is 0.685. The summed E-state index contributed by atoms with van der Waals surface area (Å²) in [5.41, 5.74) is 6.24. The van der Waals surface area contributed by atoms with Crippen molar-refractivity contribution in [2.75, 3.05) is 0 Å². The molecule has 1 aromatic heterocycles. The van der Waals surface area contributed by atoms with Crippen LogP contribution in [0.2, 0.25) is 5.02 Å². The Morgan fingerprint density at radius 1 is 1.73 bits per heavy atom. The molecule has 2 N–H and O–H groups in total. The molecule has 0 fully saturated rings. The second-order valence-electron chi connectivity index (χ2n) is 2.33. The van der Waals surface area contributed by atoms with Crippen LogP contribution in [-0.4, -0.2) is 4.98 Å². The van der Waals surface area contributed by atoms with E-state index < -0.39 is 5.95 Å². The largest absolute Gasteiger partial charge is 0.324 e. The van der Waals surface area contributed by atoms with Crippen LogP contribution in [0.1, 0.15) is 18.5 Å². The number of hydrogen-bond acceptors (Lipinski definition) is 2. The number of hydrogen-bond donors (Lipinski definition) is 1. The summed E-state index contributed by atoms with van der Waals surface area (Å²) >= 11 is 5.46. The molecule has 1 rings (SSSR count). The Kier molecular flexibility index (Phi) is 2.42. The predicted octanol–water partition coefficient (Wildman–Crippen LogP) is 1.89. The van der Waals surface area contributed by atoms with Crippen LogP contribution in [0.4, 0.5) is 4.39 Å². The van der Waals surface area contributed by atoms with Crippen molar-refractivity contribution in [3.05, 3.63) is 28.8 Å². The molecule has 0 amide bonds. The van der Waals surface area contributed by atoms with Crippen molar-refractivity contribution >= 4 is 11.6 Å². The summed E-state index contributed by atoms with van der Waals surface area (Å²) in [6.07, 6.45) is 1.38. The first-order valence-corrected chi connectivity index (χ1v) is 3.55. The topological polar surface area (TPSA) is 38.9 Å². The van der Waals surface area contributed by atoms with Crippen LogP contribution >= 0.6 is 11.6 Å². The third-order valence-electron chi connectivity index (χ3n) is 1.34. The highest BCUT2D eigenvalue weighted by atomic mass is 35.5. The van der Waals surface area contributed by atoms with E-state index in [1.807, 2.05) is 0 Å². The molecular formula is C7H8ClFN2. The van der Waals surface area contributed by atoms with Crippen LogP contribution in [0.5, 0.6) is 0 Å². The first-order chi connectivity index (χ1) is 5.11. The first-order valence-electron chi connectivity index (χ1n) is 3.18.